The molecule has 14 aliphatic rings. The number of amides is 9. The highest BCUT2D eigenvalue weighted by Gasteiger charge is 2.49. The number of carbonyl (C=O) groups excluding carboxylic acids is 16. The SMILES string of the molecule is C=C1CCC[C@@H](N2C(=O)c3cccc(N)c3C2=O)C(=O)C1.C=C1CCC[C@H](N2C(=O)c3cccc(C)c3C2=O)C(=O)C1.C=C1CCC[C@H](N2Cc3c(C)cccc3C2=O)C(=O)C1.C=C1CCC[C@H](N2Cc3c(Cl)cccc3C2=O)C(=O)C1.C=C1CCC[C@H](N2Cc3c(OC)cccc3C2=O)C(=O)C1.C=C1CCC[C@H](N2Cc3c(cccc3[N+](=O)[O-])C2=O)C(=O)C1.C=C1CCC[C@H](N2Cc3c(cccc3[N+](=O)[O-])C2=O)C(=O)C1. The molecule has 7 atom stereocenters. The summed E-state index contributed by atoms with van der Waals surface area (Å²) in [5.41, 5.74) is 22.1. The van der Waals surface area contributed by atoms with Gasteiger partial charge in [0.05, 0.1) is 123 Å². The lowest BCUT2D eigenvalue weighted by atomic mass is 10.0. The van der Waals surface area contributed by atoms with Crippen molar-refractivity contribution in [3.8, 4) is 5.75 Å². The first-order chi connectivity index (χ1) is 70.2. The van der Waals surface area contributed by atoms with E-state index in [-0.39, 0.29) is 167 Å². The number of carbonyl (C=O) groups is 16. The van der Waals surface area contributed by atoms with Crippen molar-refractivity contribution in [1.29, 1.82) is 0 Å². The molecule has 0 spiro atoms. The molecule has 31 nitrogen and oxygen atoms in total. The summed E-state index contributed by atoms with van der Waals surface area (Å²) in [6.45, 7) is 32.8. The van der Waals surface area contributed by atoms with Crippen LogP contribution in [0.25, 0.3) is 0 Å². The summed E-state index contributed by atoms with van der Waals surface area (Å²) in [5.74, 6) is -1.43. The van der Waals surface area contributed by atoms with Gasteiger partial charge < -0.3 is 35.0 Å². The number of benzene rings is 7. The standard InChI is InChI=1S/C17H17NO3.C17H19NO3.C17H19NO2.C16H16ClNO2.2C16H16N2O4.C16H16N2O3/c1-10-5-3-8-13(14(19)9-10)18-16(20)12-7-4-6-11(2)15(12)17(18)21;1-11-5-3-7-14(15(19)9-11)18-10-13-12(17(18)20)6-4-8-16(13)21-2;1-11-5-3-8-15(16(19)9-11)18-10-14-12(2)6-4-7-13(14)17(18)20;1-10-4-2-7-14(15(19)8-10)18-9-12-11(16(18)20)5-3-6-13(12)17;2*1-10-4-2-7-14(15(19)8-10)17-9-12-11(16(17)20)5-3-6-13(12)18(21)22;1-9-4-2-7-12(13(19)8-9)18-15(20)10-5-3-6-11(17)14(10)16(18)21/h4,6-7,13H,1,3,5,8-9H2,2H3;4,6,8,14H,1,3,5,7,9-10H2,2H3;4,6-7,15H,1,3,5,8-10H2,2H3;3,5-6,14H,1-2,4,7-9H2;2*3,5-6,14H,1-2,4,7-9H2;3,5-6,12H,1-2,4,7-8,17H2/t13-;14-;15-;3*14-;12-/m0000001/s1. The number of ketones is 7. The minimum Gasteiger partial charge on any atom is -0.496 e. The number of nitrogens with zero attached hydrogens (tertiary/aromatic N) is 9. The van der Waals surface area contributed by atoms with Crippen molar-refractivity contribution in [2.75, 3.05) is 12.8 Å². The Morgan fingerprint density at radius 1 is 0.299 bits per heavy atom. The number of Topliss-reactive ketones (excluding diaryl/α,β-unsaturated/α-hetero) is 7. The van der Waals surface area contributed by atoms with Crippen molar-refractivity contribution < 1.29 is 91.3 Å². The van der Waals surface area contributed by atoms with Crippen LogP contribution in [0.3, 0.4) is 0 Å². The van der Waals surface area contributed by atoms with E-state index >= 15 is 0 Å². The normalized spacial score (nSPS) is 22.4. The second-order valence-electron chi connectivity index (χ2n) is 40.0. The van der Waals surface area contributed by atoms with E-state index in [4.69, 9.17) is 22.1 Å². The third kappa shape index (κ3) is 22.4. The third-order valence-electron chi connectivity index (χ3n) is 29.9. The quantitative estimate of drug-likeness (QED) is 0.0332. The minimum absolute atomic E-state index is 0.00885. The zero-order chi connectivity index (χ0) is 106. The van der Waals surface area contributed by atoms with Crippen molar-refractivity contribution in [3.63, 3.8) is 0 Å². The Kier molecular flexibility index (Phi) is 32.9. The van der Waals surface area contributed by atoms with Crippen LogP contribution < -0.4 is 10.5 Å². The molecule has 2 N–H and O–H groups in total. The first-order valence-electron chi connectivity index (χ1n) is 49.9. The number of hydrogen-bond donors (Lipinski definition) is 1. The Labute approximate surface area is 857 Å². The van der Waals surface area contributed by atoms with Gasteiger partial charge in [-0.3, -0.25) is 107 Å². The van der Waals surface area contributed by atoms with Crippen molar-refractivity contribution in [2.24, 2.45) is 0 Å². The minimum atomic E-state index is -0.698. The summed E-state index contributed by atoms with van der Waals surface area (Å²) in [5, 5.41) is 22.8. The number of fused-ring (bicyclic) bond motifs is 7. The number of hydrogen-bond acceptors (Lipinski definition) is 22. The predicted molar refractivity (Wildman–Crippen MR) is 549 cm³/mol. The van der Waals surface area contributed by atoms with E-state index in [1.165, 1.54) is 39.0 Å². The summed E-state index contributed by atoms with van der Waals surface area (Å²) < 4.78 is 5.33. The van der Waals surface area contributed by atoms with E-state index in [1.54, 1.807) is 88.5 Å². The van der Waals surface area contributed by atoms with Crippen molar-refractivity contribution >= 4 is 122 Å². The molecule has 0 unspecified atom stereocenters. The first-order valence-corrected chi connectivity index (χ1v) is 50.3. The van der Waals surface area contributed by atoms with Crippen LogP contribution in [0.15, 0.2) is 212 Å². The van der Waals surface area contributed by atoms with Crippen LogP contribution >= 0.6 is 11.6 Å². The van der Waals surface area contributed by atoms with Crippen LogP contribution in [0.5, 0.6) is 5.75 Å². The molecule has 7 aliphatic carbocycles. The largest absolute Gasteiger partial charge is 0.496 e. The van der Waals surface area contributed by atoms with Crippen LogP contribution in [0.1, 0.15) is 312 Å². The lowest BCUT2D eigenvalue weighted by Gasteiger charge is -2.25. The van der Waals surface area contributed by atoms with Gasteiger partial charge in [-0.1, -0.05) is 151 Å². The molecule has 0 bridgehead atoms. The molecular formula is C115H119ClN10O21. The smallest absolute Gasteiger partial charge is 0.275 e. The van der Waals surface area contributed by atoms with E-state index in [0.717, 1.165) is 186 Å². The van der Waals surface area contributed by atoms with Gasteiger partial charge in [0.1, 0.15) is 5.75 Å². The van der Waals surface area contributed by atoms with E-state index in [2.05, 4.69) is 46.1 Å². The van der Waals surface area contributed by atoms with Gasteiger partial charge in [-0.15, -0.1) is 0 Å². The van der Waals surface area contributed by atoms with E-state index in [9.17, 15) is 96.9 Å². The zero-order valence-corrected chi connectivity index (χ0v) is 83.8. The molecule has 762 valence electrons. The molecule has 21 rings (SSSR count). The molecule has 32 heteroatoms. The Balaban J connectivity index is 0.000000129. The zero-order valence-electron chi connectivity index (χ0n) is 83.0. The number of nitro groups is 2. The second-order valence-corrected chi connectivity index (χ2v) is 40.4. The van der Waals surface area contributed by atoms with Gasteiger partial charge in [0.2, 0.25) is 0 Å². The van der Waals surface area contributed by atoms with Gasteiger partial charge in [0.25, 0.3) is 64.5 Å². The summed E-state index contributed by atoms with van der Waals surface area (Å²) in [6.07, 6.45) is 18.3. The number of methoxy groups -OCH3 is 1. The van der Waals surface area contributed by atoms with Gasteiger partial charge in [0.15, 0.2) is 40.5 Å². The lowest BCUT2D eigenvalue weighted by molar-refractivity contribution is -0.385. The van der Waals surface area contributed by atoms with Crippen LogP contribution in [0, 0.1) is 34.1 Å². The van der Waals surface area contributed by atoms with Crippen molar-refractivity contribution in [3.05, 3.63) is 327 Å². The molecule has 0 radical (unpaired) electrons. The number of nitrogens with two attached hydrogens (primary N) is 1. The van der Waals surface area contributed by atoms with Crippen molar-refractivity contribution in [1.82, 2.24) is 34.3 Å². The van der Waals surface area contributed by atoms with Gasteiger partial charge in [-0.25, -0.2) is 0 Å². The molecule has 7 aliphatic heterocycles. The molecule has 7 aromatic carbocycles. The van der Waals surface area contributed by atoms with Gasteiger partial charge in [-0.05, 0) is 226 Å². The average molecular weight is 2010 g/mol. The van der Waals surface area contributed by atoms with Gasteiger partial charge >= 0.3 is 0 Å². The first kappa shape index (κ1) is 106. The maximum absolute atomic E-state index is 12.6. The number of allylic oxidation sites excluding steroid dienone is 7. The fourth-order valence-electron chi connectivity index (χ4n) is 22.3. The van der Waals surface area contributed by atoms with Crippen LogP contribution in [0.4, 0.5) is 17.1 Å². The maximum Gasteiger partial charge on any atom is 0.275 e. The molecular weight excluding hydrogens is 1890 g/mol. The Hall–Kier alpha value is -15.3. The molecule has 9 amide bonds. The number of aryl methyl sites for hydroxylation is 2. The summed E-state index contributed by atoms with van der Waals surface area (Å²) in [4.78, 5) is 231. The molecule has 7 heterocycles. The summed E-state index contributed by atoms with van der Waals surface area (Å²) in [7, 11) is 1.60. The molecule has 7 fully saturated rings. The molecule has 0 aromatic heterocycles. The number of rotatable bonds is 10. The molecule has 0 saturated heterocycles. The van der Waals surface area contributed by atoms with Crippen molar-refractivity contribution in [2.45, 2.75) is 269 Å². The number of ether oxygens (including phenoxy) is 1. The monoisotopic (exact) mass is 2010 g/mol. The number of nitro benzene ring substituents is 2. The van der Waals surface area contributed by atoms with Gasteiger partial charge in [0, 0.05) is 109 Å². The summed E-state index contributed by atoms with van der Waals surface area (Å²) in [6, 6.07) is 32.4. The number of halogens is 1. The fraction of sp³-hybridized carbons (Fsp3) is 0.374. The van der Waals surface area contributed by atoms with E-state index in [1.807, 2.05) is 50.2 Å². The van der Waals surface area contributed by atoms with E-state index < -0.39 is 45.8 Å². The maximum atomic E-state index is 12.6. The fourth-order valence-corrected chi connectivity index (χ4v) is 22.5. The molecule has 147 heavy (non-hydrogen) atoms. The number of nitrogen functional groups attached to an aromatic ring is 1. The van der Waals surface area contributed by atoms with Crippen LogP contribution in [-0.2, 0) is 66.3 Å². The predicted octanol–water partition coefficient (Wildman–Crippen LogP) is 18.9. The number of imide groups is 2. The third-order valence-corrected chi connectivity index (χ3v) is 30.3. The Morgan fingerprint density at radius 2 is 0.551 bits per heavy atom. The van der Waals surface area contributed by atoms with Gasteiger partial charge in [-0.2, -0.15) is 0 Å². The molecule has 7 saturated carbocycles. The van der Waals surface area contributed by atoms with Crippen LogP contribution in [-0.4, -0.2) is 187 Å². The van der Waals surface area contributed by atoms with Crippen LogP contribution in [0.2, 0.25) is 5.02 Å². The topological polar surface area (TPSA) is 417 Å². The Bertz CT molecular complexity index is 6480. The highest BCUT2D eigenvalue weighted by Crippen LogP contribution is 2.43. The highest BCUT2D eigenvalue weighted by atomic mass is 35.5. The highest BCUT2D eigenvalue weighted by molar-refractivity contribution is 6.32. The second kappa shape index (κ2) is 45.6. The molecule has 7 aromatic rings. The average Bonchev–Trinajstić information content (AvgIpc) is 1.61. The number of anilines is 1. The Morgan fingerprint density at radius 3 is 0.871 bits per heavy atom. The lowest BCUT2D eigenvalue weighted by Crippen LogP contribution is -2.44. The summed E-state index contributed by atoms with van der Waals surface area (Å²) >= 11 is 6.15. The van der Waals surface area contributed by atoms with E-state index in [0.29, 0.717) is 120 Å².